The second-order valence-electron chi connectivity index (χ2n) is 8.46. The second-order valence-corrected chi connectivity index (χ2v) is 8.46. The van der Waals surface area contributed by atoms with Crippen LogP contribution >= 0.6 is 12.4 Å². The molecule has 1 fully saturated rings. The number of ketones is 1. The number of aromatic nitrogens is 1. The molecule has 3 heterocycles. The average Bonchev–Trinajstić information content (AvgIpc) is 3.33. The van der Waals surface area contributed by atoms with Gasteiger partial charge in [-0.05, 0) is 62.4 Å². The Kier molecular flexibility index (Phi) is 7.73. The highest BCUT2D eigenvalue weighted by molar-refractivity contribution is 5.99. The zero-order valence-corrected chi connectivity index (χ0v) is 18.5. The van der Waals surface area contributed by atoms with Gasteiger partial charge in [-0.15, -0.1) is 12.4 Å². The highest BCUT2D eigenvalue weighted by atomic mass is 35.5. The molecule has 1 N–H and O–H groups in total. The van der Waals surface area contributed by atoms with Crippen LogP contribution in [0.4, 0.5) is 0 Å². The maximum atomic E-state index is 12.8. The van der Waals surface area contributed by atoms with E-state index in [1.54, 1.807) is 0 Å². The number of fused-ring (bicyclic) bond motifs is 1. The van der Waals surface area contributed by atoms with Crippen LogP contribution in [0.25, 0.3) is 0 Å². The molecule has 30 heavy (non-hydrogen) atoms. The van der Waals surface area contributed by atoms with E-state index in [2.05, 4.69) is 22.9 Å². The molecule has 0 atom stereocenters. The van der Waals surface area contributed by atoms with Gasteiger partial charge in [0.2, 0.25) is 0 Å². The standard InChI is InChI=1S/C24H31N3O2.ClH/c1-2-3-8-22-21(9-12-25-22)23(28)17-26-13-10-18(11-14-26)15-27-16-19-6-4-5-7-20(19)24(27)29;/h4-7,9,12,18,25H,2-3,8,10-11,13-17H2,1H3;1H. The van der Waals surface area contributed by atoms with Crippen molar-refractivity contribution in [3.8, 4) is 0 Å². The average molecular weight is 430 g/mol. The van der Waals surface area contributed by atoms with E-state index in [9.17, 15) is 9.59 Å². The van der Waals surface area contributed by atoms with Crippen molar-refractivity contribution < 1.29 is 9.59 Å². The molecule has 1 amide bonds. The van der Waals surface area contributed by atoms with Crippen molar-refractivity contribution in [1.29, 1.82) is 0 Å². The number of likely N-dealkylation sites (tertiary alicyclic amines) is 1. The number of piperidine rings is 1. The minimum absolute atomic E-state index is 0. The molecule has 6 heteroatoms. The van der Waals surface area contributed by atoms with Crippen molar-refractivity contribution in [3.05, 3.63) is 58.9 Å². The molecular weight excluding hydrogens is 398 g/mol. The predicted molar refractivity (Wildman–Crippen MR) is 121 cm³/mol. The summed E-state index contributed by atoms with van der Waals surface area (Å²) in [7, 11) is 0. The van der Waals surface area contributed by atoms with E-state index < -0.39 is 0 Å². The molecule has 0 saturated carbocycles. The van der Waals surface area contributed by atoms with E-state index in [1.165, 1.54) is 0 Å². The van der Waals surface area contributed by atoms with Gasteiger partial charge in [0.1, 0.15) is 0 Å². The van der Waals surface area contributed by atoms with E-state index in [0.717, 1.165) is 80.7 Å². The molecule has 162 valence electrons. The third-order valence-electron chi connectivity index (χ3n) is 6.36. The third-order valence-corrected chi connectivity index (χ3v) is 6.36. The molecule has 0 aliphatic carbocycles. The summed E-state index contributed by atoms with van der Waals surface area (Å²) in [6.07, 6.45) is 7.15. The Bertz CT molecular complexity index is 871. The van der Waals surface area contributed by atoms with Gasteiger partial charge in [0.05, 0.1) is 6.54 Å². The highest BCUT2D eigenvalue weighted by Crippen LogP contribution is 2.26. The summed E-state index contributed by atoms with van der Waals surface area (Å²) >= 11 is 0. The van der Waals surface area contributed by atoms with Crippen LogP contribution in [0.3, 0.4) is 0 Å². The lowest BCUT2D eigenvalue weighted by Gasteiger charge is -2.33. The lowest BCUT2D eigenvalue weighted by Crippen LogP contribution is -2.41. The summed E-state index contributed by atoms with van der Waals surface area (Å²) in [5.74, 6) is 0.915. The van der Waals surface area contributed by atoms with Crippen LogP contribution in [0.1, 0.15) is 64.6 Å². The van der Waals surface area contributed by atoms with Gasteiger partial charge >= 0.3 is 0 Å². The van der Waals surface area contributed by atoms with Gasteiger partial charge in [0.25, 0.3) is 5.91 Å². The normalized spacial score (nSPS) is 17.1. The Balaban J connectivity index is 0.00000256. The number of nitrogens with zero attached hydrogens (tertiary/aromatic N) is 2. The number of H-pyrrole nitrogens is 1. The molecular formula is C24H32ClN3O2. The first-order chi connectivity index (χ1) is 14.2. The quantitative estimate of drug-likeness (QED) is 0.635. The molecule has 2 aliphatic rings. The zero-order chi connectivity index (χ0) is 20.2. The summed E-state index contributed by atoms with van der Waals surface area (Å²) in [5, 5.41) is 0. The minimum atomic E-state index is 0. The number of carbonyl (C=O) groups is 2. The predicted octanol–water partition coefficient (Wildman–Crippen LogP) is 4.33. The SMILES string of the molecule is CCCCc1[nH]ccc1C(=O)CN1CCC(CN2Cc3ccccc3C2=O)CC1.Cl. The van der Waals surface area contributed by atoms with Crippen molar-refractivity contribution in [2.45, 2.75) is 45.6 Å². The molecule has 0 spiro atoms. The molecule has 2 aliphatic heterocycles. The number of carbonyl (C=O) groups excluding carboxylic acids is 2. The molecule has 1 saturated heterocycles. The fourth-order valence-corrected chi connectivity index (χ4v) is 4.61. The molecule has 0 radical (unpaired) electrons. The summed E-state index contributed by atoms with van der Waals surface area (Å²) < 4.78 is 0. The van der Waals surface area contributed by atoms with Gasteiger partial charge in [-0.25, -0.2) is 0 Å². The van der Waals surface area contributed by atoms with E-state index in [4.69, 9.17) is 0 Å². The number of benzene rings is 1. The summed E-state index contributed by atoms with van der Waals surface area (Å²) in [6, 6.07) is 9.85. The van der Waals surface area contributed by atoms with Crippen molar-refractivity contribution >= 4 is 24.1 Å². The first-order valence-corrected chi connectivity index (χ1v) is 10.9. The zero-order valence-electron chi connectivity index (χ0n) is 17.7. The maximum Gasteiger partial charge on any atom is 0.254 e. The number of Topliss-reactive ketones (excluding diaryl/α,β-unsaturated/α-hetero) is 1. The van der Waals surface area contributed by atoms with Crippen LogP contribution in [0.2, 0.25) is 0 Å². The lowest BCUT2D eigenvalue weighted by molar-refractivity contribution is 0.0707. The molecule has 1 aromatic carbocycles. The van der Waals surface area contributed by atoms with Gasteiger partial charge in [-0.1, -0.05) is 31.5 Å². The Labute approximate surface area is 185 Å². The van der Waals surface area contributed by atoms with E-state index in [1.807, 2.05) is 35.4 Å². The van der Waals surface area contributed by atoms with E-state index in [-0.39, 0.29) is 24.1 Å². The fraction of sp³-hybridized carbons (Fsp3) is 0.500. The van der Waals surface area contributed by atoms with Crippen LogP contribution in [0.5, 0.6) is 0 Å². The minimum Gasteiger partial charge on any atom is -0.364 e. The summed E-state index contributed by atoms with van der Waals surface area (Å²) in [5.41, 5.74) is 3.95. The van der Waals surface area contributed by atoms with Crippen molar-refractivity contribution in [2.24, 2.45) is 5.92 Å². The van der Waals surface area contributed by atoms with Crippen molar-refractivity contribution in [1.82, 2.24) is 14.8 Å². The Morgan fingerprint density at radius 1 is 1.17 bits per heavy atom. The number of nitrogens with one attached hydrogen (secondary N) is 1. The number of amides is 1. The number of unbranched alkanes of at least 4 members (excludes halogenated alkanes) is 1. The maximum absolute atomic E-state index is 12.8. The Morgan fingerprint density at radius 3 is 2.67 bits per heavy atom. The topological polar surface area (TPSA) is 56.4 Å². The number of halogens is 1. The van der Waals surface area contributed by atoms with Gasteiger partial charge in [0, 0.05) is 36.1 Å². The number of aryl methyl sites for hydroxylation is 1. The Hall–Kier alpha value is -2.11. The molecule has 0 unspecified atom stereocenters. The summed E-state index contributed by atoms with van der Waals surface area (Å²) in [6.45, 7) is 6.09. The van der Waals surface area contributed by atoms with Gasteiger partial charge < -0.3 is 9.88 Å². The molecule has 5 nitrogen and oxygen atoms in total. The monoisotopic (exact) mass is 429 g/mol. The van der Waals surface area contributed by atoms with Gasteiger partial charge in [-0.3, -0.25) is 14.5 Å². The van der Waals surface area contributed by atoms with Crippen LogP contribution < -0.4 is 0 Å². The van der Waals surface area contributed by atoms with Crippen LogP contribution in [-0.4, -0.2) is 52.7 Å². The van der Waals surface area contributed by atoms with E-state index in [0.29, 0.717) is 12.5 Å². The Morgan fingerprint density at radius 2 is 1.93 bits per heavy atom. The molecule has 2 aromatic rings. The first-order valence-electron chi connectivity index (χ1n) is 10.9. The third kappa shape index (κ3) is 4.96. The lowest BCUT2D eigenvalue weighted by atomic mass is 9.95. The van der Waals surface area contributed by atoms with Gasteiger partial charge in [0.15, 0.2) is 5.78 Å². The first kappa shape index (κ1) is 22.6. The second kappa shape index (κ2) is 10.3. The van der Waals surface area contributed by atoms with Crippen LogP contribution in [-0.2, 0) is 13.0 Å². The smallest absolute Gasteiger partial charge is 0.254 e. The molecule has 1 aromatic heterocycles. The van der Waals surface area contributed by atoms with Crippen LogP contribution in [0, 0.1) is 5.92 Å². The van der Waals surface area contributed by atoms with E-state index >= 15 is 0 Å². The fourth-order valence-electron chi connectivity index (χ4n) is 4.61. The van der Waals surface area contributed by atoms with Crippen molar-refractivity contribution in [2.75, 3.05) is 26.2 Å². The number of hydrogen-bond donors (Lipinski definition) is 1. The highest BCUT2D eigenvalue weighted by Gasteiger charge is 2.30. The summed E-state index contributed by atoms with van der Waals surface area (Å²) in [4.78, 5) is 32.9. The van der Waals surface area contributed by atoms with Gasteiger partial charge in [-0.2, -0.15) is 0 Å². The number of rotatable bonds is 8. The largest absolute Gasteiger partial charge is 0.364 e. The molecule has 4 rings (SSSR count). The number of hydrogen-bond acceptors (Lipinski definition) is 3. The number of aromatic amines is 1. The van der Waals surface area contributed by atoms with Crippen LogP contribution in [0.15, 0.2) is 36.5 Å². The molecule has 0 bridgehead atoms. The van der Waals surface area contributed by atoms with Crippen molar-refractivity contribution in [3.63, 3.8) is 0 Å².